The summed E-state index contributed by atoms with van der Waals surface area (Å²) in [5, 5.41) is 0. The number of furan rings is 1. The van der Waals surface area contributed by atoms with Crippen LogP contribution >= 0.6 is 0 Å². The molecule has 102 valence electrons. The average Bonchev–Trinajstić information content (AvgIpc) is 3.15. The van der Waals surface area contributed by atoms with Crippen LogP contribution < -0.4 is 0 Å². The molecule has 0 radical (unpaired) electrons. The van der Waals surface area contributed by atoms with Gasteiger partial charge in [-0.15, -0.1) is 0 Å². The van der Waals surface area contributed by atoms with Gasteiger partial charge in [0.05, 0.1) is 12.6 Å². The van der Waals surface area contributed by atoms with Crippen LogP contribution in [0.25, 0.3) is 22.7 Å². The first-order valence-corrected chi connectivity index (χ1v) is 6.80. The zero-order valence-electron chi connectivity index (χ0n) is 11.2. The summed E-state index contributed by atoms with van der Waals surface area (Å²) in [5.41, 5.74) is 1.79. The van der Waals surface area contributed by atoms with Crippen LogP contribution in [-0.2, 0) is 4.74 Å². The Hall–Kier alpha value is -2.14. The lowest BCUT2D eigenvalue weighted by atomic mass is 10.2. The van der Waals surface area contributed by atoms with Crippen LogP contribution in [0.5, 0.6) is 0 Å². The van der Waals surface area contributed by atoms with Crippen molar-refractivity contribution in [2.45, 2.75) is 19.4 Å². The molecule has 0 spiro atoms. The molecule has 5 heteroatoms. The zero-order chi connectivity index (χ0) is 13.5. The average molecular weight is 269 g/mol. The fourth-order valence-electron chi connectivity index (χ4n) is 2.73. The molecule has 1 atom stereocenters. The van der Waals surface area contributed by atoms with Gasteiger partial charge in [0.25, 0.3) is 0 Å². The Balaban J connectivity index is 1.96. The molecule has 3 aromatic heterocycles. The van der Waals surface area contributed by atoms with Gasteiger partial charge in [-0.25, -0.2) is 9.97 Å². The molecule has 5 nitrogen and oxygen atoms in total. The maximum atomic E-state index is 5.75. The van der Waals surface area contributed by atoms with E-state index in [4.69, 9.17) is 14.1 Å². The third kappa shape index (κ3) is 1.74. The van der Waals surface area contributed by atoms with Crippen molar-refractivity contribution in [2.24, 2.45) is 0 Å². The Labute approximate surface area is 116 Å². The van der Waals surface area contributed by atoms with E-state index in [1.807, 2.05) is 31.2 Å². The number of hydrogen-bond donors (Lipinski definition) is 0. The van der Waals surface area contributed by atoms with Gasteiger partial charge in [-0.3, -0.25) is 0 Å². The van der Waals surface area contributed by atoms with E-state index in [0.717, 1.165) is 41.5 Å². The number of imidazole rings is 1. The minimum absolute atomic E-state index is 0.273. The molecule has 0 bridgehead atoms. The minimum Gasteiger partial charge on any atom is -0.458 e. The summed E-state index contributed by atoms with van der Waals surface area (Å²) in [6.45, 7) is 3.43. The number of hydrogen-bond acceptors (Lipinski definition) is 4. The van der Waals surface area contributed by atoms with Gasteiger partial charge in [0.2, 0.25) is 0 Å². The Morgan fingerprint density at radius 2 is 2.25 bits per heavy atom. The monoisotopic (exact) mass is 269 g/mol. The number of pyridine rings is 1. The number of ether oxygens (including phenoxy) is 1. The van der Waals surface area contributed by atoms with E-state index in [0.29, 0.717) is 6.61 Å². The molecule has 1 fully saturated rings. The molecule has 4 rings (SSSR count). The van der Waals surface area contributed by atoms with Crippen molar-refractivity contribution in [1.29, 1.82) is 0 Å². The summed E-state index contributed by atoms with van der Waals surface area (Å²) in [6, 6.07) is 8.08. The molecule has 0 aliphatic carbocycles. The summed E-state index contributed by atoms with van der Waals surface area (Å²) >= 11 is 0. The van der Waals surface area contributed by atoms with Crippen LogP contribution in [-0.4, -0.2) is 27.7 Å². The van der Waals surface area contributed by atoms with Crippen LogP contribution in [0.2, 0.25) is 0 Å². The lowest BCUT2D eigenvalue weighted by Crippen LogP contribution is -2.10. The first-order valence-electron chi connectivity index (χ1n) is 6.80. The molecule has 1 saturated heterocycles. The first-order chi connectivity index (χ1) is 9.83. The highest BCUT2D eigenvalue weighted by atomic mass is 16.5. The molecule has 0 aromatic carbocycles. The van der Waals surface area contributed by atoms with Crippen molar-refractivity contribution in [2.75, 3.05) is 13.2 Å². The highest BCUT2D eigenvalue weighted by Gasteiger charge is 2.25. The highest BCUT2D eigenvalue weighted by molar-refractivity contribution is 5.76. The maximum absolute atomic E-state index is 5.75. The molecule has 1 aliphatic rings. The third-order valence-corrected chi connectivity index (χ3v) is 3.68. The largest absolute Gasteiger partial charge is 0.458 e. The molecular formula is C15H15N3O2. The Bertz CT molecular complexity index is 753. The Morgan fingerprint density at radius 1 is 1.30 bits per heavy atom. The molecule has 0 saturated carbocycles. The van der Waals surface area contributed by atoms with Gasteiger partial charge in [0, 0.05) is 12.8 Å². The molecule has 1 unspecified atom stereocenters. The Kier molecular flexibility index (Phi) is 2.60. The normalized spacial score (nSPS) is 18.9. The van der Waals surface area contributed by atoms with E-state index < -0.39 is 0 Å². The Morgan fingerprint density at radius 3 is 3.00 bits per heavy atom. The van der Waals surface area contributed by atoms with Crippen molar-refractivity contribution < 1.29 is 9.15 Å². The fourth-order valence-corrected chi connectivity index (χ4v) is 2.73. The van der Waals surface area contributed by atoms with Gasteiger partial charge in [0.1, 0.15) is 11.3 Å². The third-order valence-electron chi connectivity index (χ3n) is 3.68. The van der Waals surface area contributed by atoms with Gasteiger partial charge in [-0.1, -0.05) is 0 Å². The van der Waals surface area contributed by atoms with E-state index in [2.05, 4.69) is 9.55 Å². The zero-order valence-corrected chi connectivity index (χ0v) is 11.2. The molecule has 3 aromatic rings. The van der Waals surface area contributed by atoms with Crippen molar-refractivity contribution in [3.63, 3.8) is 0 Å². The second-order valence-electron chi connectivity index (χ2n) is 5.08. The number of aryl methyl sites for hydroxylation is 1. The van der Waals surface area contributed by atoms with E-state index >= 15 is 0 Å². The standard InChI is InChI=1S/C15H15N3O2/c1-10-4-5-13(20-10)15-17-12-3-2-7-16-14(12)18(15)11-6-8-19-9-11/h2-5,7,11H,6,8-9H2,1H3. The quantitative estimate of drug-likeness (QED) is 0.717. The summed E-state index contributed by atoms with van der Waals surface area (Å²) in [5.74, 6) is 2.50. The summed E-state index contributed by atoms with van der Waals surface area (Å²) < 4.78 is 13.4. The smallest absolute Gasteiger partial charge is 0.178 e. The highest BCUT2D eigenvalue weighted by Crippen LogP contribution is 2.31. The molecular weight excluding hydrogens is 254 g/mol. The van der Waals surface area contributed by atoms with E-state index in [1.54, 1.807) is 6.20 Å². The number of nitrogens with zero attached hydrogens (tertiary/aromatic N) is 3. The van der Waals surface area contributed by atoms with E-state index in [-0.39, 0.29) is 6.04 Å². The summed E-state index contributed by atoms with van der Waals surface area (Å²) in [7, 11) is 0. The van der Waals surface area contributed by atoms with Crippen LogP contribution in [0, 0.1) is 6.92 Å². The summed E-state index contributed by atoms with van der Waals surface area (Å²) in [4.78, 5) is 9.17. The fraction of sp³-hybridized carbons (Fsp3) is 0.333. The van der Waals surface area contributed by atoms with Gasteiger partial charge in [-0.05, 0) is 37.6 Å². The number of fused-ring (bicyclic) bond motifs is 1. The van der Waals surface area contributed by atoms with Crippen LogP contribution in [0.3, 0.4) is 0 Å². The van der Waals surface area contributed by atoms with Crippen molar-refractivity contribution >= 4 is 11.2 Å². The SMILES string of the molecule is Cc1ccc(-c2nc3cccnc3n2C2CCOC2)o1. The molecule has 20 heavy (non-hydrogen) atoms. The van der Waals surface area contributed by atoms with E-state index in [1.165, 1.54) is 0 Å². The van der Waals surface area contributed by atoms with Crippen molar-refractivity contribution in [1.82, 2.24) is 14.5 Å². The lowest BCUT2D eigenvalue weighted by Gasteiger charge is -2.13. The predicted molar refractivity (Wildman–Crippen MR) is 74.4 cm³/mol. The molecule has 0 amide bonds. The maximum Gasteiger partial charge on any atom is 0.178 e. The van der Waals surface area contributed by atoms with Gasteiger partial charge < -0.3 is 13.7 Å². The van der Waals surface area contributed by atoms with Crippen molar-refractivity contribution in [3.8, 4) is 11.6 Å². The number of rotatable bonds is 2. The molecule has 4 heterocycles. The van der Waals surface area contributed by atoms with Gasteiger partial charge in [-0.2, -0.15) is 0 Å². The molecule has 0 N–H and O–H groups in total. The second kappa shape index (κ2) is 4.45. The van der Waals surface area contributed by atoms with Crippen molar-refractivity contribution in [3.05, 3.63) is 36.2 Å². The minimum atomic E-state index is 0.273. The number of aromatic nitrogens is 3. The predicted octanol–water partition coefficient (Wildman–Crippen LogP) is 2.96. The van der Waals surface area contributed by atoms with Crippen LogP contribution in [0.15, 0.2) is 34.9 Å². The second-order valence-corrected chi connectivity index (χ2v) is 5.08. The van der Waals surface area contributed by atoms with Gasteiger partial charge in [0.15, 0.2) is 17.2 Å². The van der Waals surface area contributed by atoms with Crippen LogP contribution in [0.1, 0.15) is 18.2 Å². The van der Waals surface area contributed by atoms with E-state index in [9.17, 15) is 0 Å². The first kappa shape index (κ1) is 11.7. The molecule has 1 aliphatic heterocycles. The topological polar surface area (TPSA) is 53.1 Å². The summed E-state index contributed by atoms with van der Waals surface area (Å²) in [6.07, 6.45) is 2.78. The lowest BCUT2D eigenvalue weighted by molar-refractivity contribution is 0.187. The van der Waals surface area contributed by atoms with Gasteiger partial charge >= 0.3 is 0 Å². The van der Waals surface area contributed by atoms with Crippen LogP contribution in [0.4, 0.5) is 0 Å².